The van der Waals surface area contributed by atoms with Crippen LogP contribution in [0.1, 0.15) is 39.7 Å². The molecule has 2 N–H and O–H groups in total. The second kappa shape index (κ2) is 5.08. The minimum Gasteiger partial charge on any atom is -0.481 e. The van der Waals surface area contributed by atoms with Crippen molar-refractivity contribution in [2.45, 2.75) is 55.7 Å². The zero-order valence-electron chi connectivity index (χ0n) is 11.9. The highest BCUT2D eigenvalue weighted by molar-refractivity contribution is 8.00. The Hall–Kier alpha value is -1.16. The first-order chi connectivity index (χ1) is 8.79. The molecule has 4 heteroatoms. The molecule has 1 aliphatic rings. The van der Waals surface area contributed by atoms with Gasteiger partial charge in [-0.05, 0) is 24.0 Å². The third-order valence-corrected chi connectivity index (χ3v) is 4.89. The van der Waals surface area contributed by atoms with E-state index in [9.17, 15) is 4.79 Å². The van der Waals surface area contributed by atoms with Gasteiger partial charge in [-0.25, -0.2) is 0 Å². The van der Waals surface area contributed by atoms with Crippen molar-refractivity contribution in [1.82, 2.24) is 0 Å². The van der Waals surface area contributed by atoms with E-state index >= 15 is 0 Å². The number of rotatable bonds is 2. The van der Waals surface area contributed by atoms with Gasteiger partial charge in [0.15, 0.2) is 0 Å². The summed E-state index contributed by atoms with van der Waals surface area (Å²) >= 11 is 1.68. The van der Waals surface area contributed by atoms with Gasteiger partial charge in [0.05, 0.1) is 12.1 Å². The summed E-state index contributed by atoms with van der Waals surface area (Å²) in [5.41, 5.74) is 2.55. The van der Waals surface area contributed by atoms with Gasteiger partial charge < -0.3 is 10.4 Å². The van der Waals surface area contributed by atoms with E-state index < -0.39 is 5.97 Å². The average Bonchev–Trinajstić information content (AvgIpc) is 2.27. The van der Waals surface area contributed by atoms with Crippen LogP contribution in [0.2, 0.25) is 0 Å². The molecule has 2 unspecified atom stereocenters. The summed E-state index contributed by atoms with van der Waals surface area (Å²) < 4.78 is 0. The Morgan fingerprint density at radius 3 is 2.68 bits per heavy atom. The molecule has 1 heterocycles. The Morgan fingerprint density at radius 1 is 1.42 bits per heavy atom. The van der Waals surface area contributed by atoms with Gasteiger partial charge >= 0.3 is 5.97 Å². The predicted octanol–water partition coefficient (Wildman–Crippen LogP) is 3.73. The first kappa shape index (κ1) is 14.3. The van der Waals surface area contributed by atoms with Crippen LogP contribution in [-0.2, 0) is 10.2 Å². The molecule has 0 aliphatic carbocycles. The quantitative estimate of drug-likeness (QED) is 0.866. The molecule has 1 aromatic rings. The van der Waals surface area contributed by atoms with E-state index in [1.54, 1.807) is 11.8 Å². The first-order valence-electron chi connectivity index (χ1n) is 6.57. The van der Waals surface area contributed by atoms with Crippen molar-refractivity contribution < 1.29 is 9.90 Å². The minimum absolute atomic E-state index is 0.0816. The molecule has 0 radical (unpaired) electrons. The zero-order valence-corrected chi connectivity index (χ0v) is 12.7. The van der Waals surface area contributed by atoms with Crippen molar-refractivity contribution in [3.8, 4) is 0 Å². The summed E-state index contributed by atoms with van der Waals surface area (Å²) in [5.74, 6) is -0.735. The van der Waals surface area contributed by atoms with Crippen molar-refractivity contribution in [3.63, 3.8) is 0 Å². The lowest BCUT2D eigenvalue weighted by molar-refractivity contribution is -0.137. The van der Waals surface area contributed by atoms with E-state index in [4.69, 9.17) is 5.11 Å². The van der Waals surface area contributed by atoms with Crippen LogP contribution in [-0.4, -0.2) is 22.4 Å². The summed E-state index contributed by atoms with van der Waals surface area (Å²) in [7, 11) is 0. The number of carboxylic acid groups (broad SMARTS) is 1. The number of hydrogen-bond donors (Lipinski definition) is 2. The number of anilines is 1. The smallest absolute Gasteiger partial charge is 0.304 e. The zero-order chi connectivity index (χ0) is 14.2. The molecule has 3 nitrogen and oxygen atoms in total. The molecule has 1 aromatic carbocycles. The normalized spacial score (nSPS) is 22.5. The predicted molar refractivity (Wildman–Crippen MR) is 80.1 cm³/mol. The fourth-order valence-electron chi connectivity index (χ4n) is 2.38. The van der Waals surface area contributed by atoms with E-state index in [1.165, 1.54) is 11.3 Å². The van der Waals surface area contributed by atoms with Crippen molar-refractivity contribution in [1.29, 1.82) is 0 Å². The van der Waals surface area contributed by atoms with Crippen LogP contribution < -0.4 is 5.32 Å². The van der Waals surface area contributed by atoms with E-state index in [0.717, 1.165) is 4.90 Å². The Morgan fingerprint density at radius 2 is 2.11 bits per heavy atom. The van der Waals surface area contributed by atoms with Crippen LogP contribution in [0.4, 0.5) is 5.69 Å². The van der Waals surface area contributed by atoms with E-state index in [-0.39, 0.29) is 23.1 Å². The average molecular weight is 279 g/mol. The number of para-hydroxylation sites is 1. The number of benzene rings is 1. The molecule has 2 atom stereocenters. The Balaban J connectivity index is 2.35. The lowest BCUT2D eigenvalue weighted by atomic mass is 9.85. The maximum atomic E-state index is 10.9. The monoisotopic (exact) mass is 279 g/mol. The Labute approximate surface area is 118 Å². The summed E-state index contributed by atoms with van der Waals surface area (Å²) in [4.78, 5) is 12.1. The van der Waals surface area contributed by atoms with Gasteiger partial charge in [-0.2, -0.15) is 0 Å². The number of nitrogens with one attached hydrogen (secondary N) is 1. The highest BCUT2D eigenvalue weighted by Gasteiger charge is 2.30. The molecule has 104 valence electrons. The van der Waals surface area contributed by atoms with Gasteiger partial charge in [-0.15, -0.1) is 11.8 Å². The fourth-order valence-corrected chi connectivity index (χ4v) is 3.65. The molecular weight excluding hydrogens is 258 g/mol. The molecule has 19 heavy (non-hydrogen) atoms. The van der Waals surface area contributed by atoms with Crippen molar-refractivity contribution >= 4 is 23.4 Å². The van der Waals surface area contributed by atoms with Crippen LogP contribution in [0, 0.1) is 0 Å². The van der Waals surface area contributed by atoms with Gasteiger partial charge in [-0.1, -0.05) is 32.9 Å². The Bertz CT molecular complexity index is 493. The second-order valence-corrected chi connectivity index (χ2v) is 7.40. The lowest BCUT2D eigenvalue weighted by Gasteiger charge is -2.35. The molecule has 2 rings (SSSR count). The number of carbonyl (C=O) groups is 1. The number of hydrogen-bond acceptors (Lipinski definition) is 3. The van der Waals surface area contributed by atoms with Gasteiger partial charge in [0.2, 0.25) is 0 Å². The van der Waals surface area contributed by atoms with Crippen LogP contribution >= 0.6 is 11.8 Å². The lowest BCUT2D eigenvalue weighted by Crippen LogP contribution is -2.34. The largest absolute Gasteiger partial charge is 0.481 e. The molecule has 0 bridgehead atoms. The van der Waals surface area contributed by atoms with Crippen LogP contribution in [0.3, 0.4) is 0 Å². The molecule has 1 aliphatic heterocycles. The van der Waals surface area contributed by atoms with Gasteiger partial charge in [0, 0.05) is 16.2 Å². The number of carboxylic acids is 1. The molecule has 0 spiro atoms. The molecule has 0 fully saturated rings. The van der Waals surface area contributed by atoms with Gasteiger partial charge in [0.1, 0.15) is 0 Å². The molecular formula is C15H21NO2S. The molecule has 0 saturated heterocycles. The third-order valence-electron chi connectivity index (χ3n) is 3.42. The van der Waals surface area contributed by atoms with E-state index in [2.05, 4.69) is 51.2 Å². The summed E-state index contributed by atoms with van der Waals surface area (Å²) in [6.45, 7) is 8.65. The van der Waals surface area contributed by atoms with Crippen LogP contribution in [0.25, 0.3) is 0 Å². The Kier molecular flexibility index (Phi) is 3.81. The third kappa shape index (κ3) is 3.06. The maximum Gasteiger partial charge on any atom is 0.304 e. The number of fused-ring (bicyclic) bond motifs is 1. The maximum absolute atomic E-state index is 10.9. The van der Waals surface area contributed by atoms with Crippen molar-refractivity contribution in [2.24, 2.45) is 0 Å². The van der Waals surface area contributed by atoms with Crippen molar-refractivity contribution in [3.05, 3.63) is 23.8 Å². The number of aliphatic carboxylic acids is 1. The first-order valence-corrected chi connectivity index (χ1v) is 7.45. The highest BCUT2D eigenvalue weighted by atomic mass is 32.2. The van der Waals surface area contributed by atoms with Gasteiger partial charge in [-0.3, -0.25) is 4.79 Å². The molecule has 0 amide bonds. The van der Waals surface area contributed by atoms with Gasteiger partial charge in [0.25, 0.3) is 0 Å². The van der Waals surface area contributed by atoms with Crippen molar-refractivity contribution in [2.75, 3.05) is 5.32 Å². The standard InChI is InChI=1S/C15H21NO2S/c1-9-12(8-13(17)18)19-11-7-5-6-10(14(11)16-9)15(2,3)4/h5-7,9,12,16H,8H2,1-4H3,(H,17,18). The molecule has 0 aromatic heterocycles. The topological polar surface area (TPSA) is 49.3 Å². The minimum atomic E-state index is -0.735. The second-order valence-electron chi connectivity index (χ2n) is 6.12. The summed E-state index contributed by atoms with van der Waals surface area (Å²) in [5, 5.41) is 12.6. The fraction of sp³-hybridized carbons (Fsp3) is 0.533. The highest BCUT2D eigenvalue weighted by Crippen LogP contribution is 2.43. The summed E-state index contributed by atoms with van der Waals surface area (Å²) in [6.07, 6.45) is 0.192. The van der Waals surface area contributed by atoms with Crippen LogP contribution in [0.5, 0.6) is 0 Å². The summed E-state index contributed by atoms with van der Waals surface area (Å²) in [6, 6.07) is 6.44. The SMILES string of the molecule is CC1Nc2c(cccc2C(C)(C)C)SC1CC(=O)O. The van der Waals surface area contributed by atoms with E-state index in [1.807, 2.05) is 0 Å². The molecule has 0 saturated carbocycles. The van der Waals surface area contributed by atoms with E-state index in [0.29, 0.717) is 0 Å². The number of thioether (sulfide) groups is 1. The van der Waals surface area contributed by atoms with Crippen LogP contribution in [0.15, 0.2) is 23.1 Å².